The number of aromatic nitrogens is 1. The van der Waals surface area contributed by atoms with E-state index in [-0.39, 0.29) is 18.3 Å². The summed E-state index contributed by atoms with van der Waals surface area (Å²) >= 11 is 5.08. The van der Waals surface area contributed by atoms with Crippen LogP contribution in [0.4, 0.5) is 5.13 Å². The van der Waals surface area contributed by atoms with E-state index in [4.69, 9.17) is 4.98 Å². The molecular weight excluding hydrogens is 470 g/mol. The van der Waals surface area contributed by atoms with Crippen molar-refractivity contribution in [1.29, 1.82) is 0 Å². The minimum Gasteiger partial charge on any atom is -0.308 e. The van der Waals surface area contributed by atoms with Crippen LogP contribution < -0.4 is 4.90 Å². The maximum absolute atomic E-state index is 13.3. The third kappa shape index (κ3) is 5.79. The lowest BCUT2D eigenvalue weighted by atomic mass is 9.97. The van der Waals surface area contributed by atoms with Crippen molar-refractivity contribution in [3.63, 3.8) is 0 Å². The monoisotopic (exact) mass is 495 g/mol. The van der Waals surface area contributed by atoms with E-state index in [1.807, 2.05) is 31.1 Å². The number of hydrogen-bond acceptors (Lipinski definition) is 4. The number of carbonyl (C=O) groups is 1. The van der Waals surface area contributed by atoms with Gasteiger partial charge in [-0.3, -0.25) is 9.69 Å². The maximum Gasteiger partial charge on any atom is 0.233 e. The minimum atomic E-state index is 0. The summed E-state index contributed by atoms with van der Waals surface area (Å²) in [7, 11) is 4.04. The SMILES string of the molecule is Cc1cc(C)c(CC(=O)N(CCN(C)C)c2nc3ccc(Br)cc3s2)c(C)c1.Cl. The number of aryl methyl sites for hydroxylation is 3. The van der Waals surface area contributed by atoms with E-state index in [2.05, 4.69) is 59.8 Å². The maximum atomic E-state index is 13.3. The highest BCUT2D eigenvalue weighted by molar-refractivity contribution is 9.10. The van der Waals surface area contributed by atoms with Gasteiger partial charge in [-0.15, -0.1) is 12.4 Å². The van der Waals surface area contributed by atoms with Crippen molar-refractivity contribution >= 4 is 60.9 Å². The fraction of sp³-hybridized carbons (Fsp3) is 0.364. The summed E-state index contributed by atoms with van der Waals surface area (Å²) in [4.78, 5) is 22.0. The van der Waals surface area contributed by atoms with Gasteiger partial charge >= 0.3 is 0 Å². The van der Waals surface area contributed by atoms with Gasteiger partial charge in [-0.1, -0.05) is 45.0 Å². The van der Waals surface area contributed by atoms with Crippen molar-refractivity contribution in [2.24, 2.45) is 0 Å². The number of anilines is 1. The molecule has 1 aromatic heterocycles. The molecule has 156 valence electrons. The summed E-state index contributed by atoms with van der Waals surface area (Å²) < 4.78 is 2.10. The Labute approximate surface area is 191 Å². The molecule has 0 saturated carbocycles. The van der Waals surface area contributed by atoms with Crippen LogP contribution in [0.2, 0.25) is 0 Å². The van der Waals surface area contributed by atoms with E-state index in [0.717, 1.165) is 31.9 Å². The second kappa shape index (κ2) is 10.0. The first-order valence-corrected chi connectivity index (χ1v) is 10.9. The van der Waals surface area contributed by atoms with Gasteiger partial charge in [0.15, 0.2) is 5.13 Å². The normalized spacial score (nSPS) is 11.0. The van der Waals surface area contributed by atoms with Gasteiger partial charge in [0.25, 0.3) is 0 Å². The Hall–Kier alpha value is -1.47. The standard InChI is InChI=1S/C22H26BrN3OS.ClH/c1-14-10-15(2)18(16(3)11-14)13-21(27)26(9-8-25(4)5)22-24-19-7-6-17(23)12-20(19)28-22;/h6-7,10-12H,8-9,13H2,1-5H3;1H. The van der Waals surface area contributed by atoms with Crippen molar-refractivity contribution in [2.45, 2.75) is 27.2 Å². The quantitative estimate of drug-likeness (QED) is 0.449. The Balaban J connectivity index is 0.00000300. The summed E-state index contributed by atoms with van der Waals surface area (Å²) in [5.74, 6) is 0.0926. The zero-order chi connectivity index (χ0) is 20.4. The molecule has 0 fully saturated rings. The highest BCUT2D eigenvalue weighted by atomic mass is 79.9. The fourth-order valence-corrected chi connectivity index (χ4v) is 4.92. The number of thiazole rings is 1. The molecule has 0 radical (unpaired) electrons. The third-order valence-corrected chi connectivity index (χ3v) is 6.34. The lowest BCUT2D eigenvalue weighted by Crippen LogP contribution is -2.37. The first kappa shape index (κ1) is 23.8. The van der Waals surface area contributed by atoms with Crippen molar-refractivity contribution in [3.05, 3.63) is 57.1 Å². The van der Waals surface area contributed by atoms with E-state index in [1.54, 1.807) is 11.3 Å². The molecule has 29 heavy (non-hydrogen) atoms. The predicted molar refractivity (Wildman–Crippen MR) is 130 cm³/mol. The first-order chi connectivity index (χ1) is 13.2. The fourth-order valence-electron chi connectivity index (χ4n) is 3.36. The zero-order valence-corrected chi connectivity index (χ0v) is 20.7. The van der Waals surface area contributed by atoms with Crippen molar-refractivity contribution < 1.29 is 4.79 Å². The summed E-state index contributed by atoms with van der Waals surface area (Å²) in [5, 5.41) is 0.766. The number of hydrogen-bond donors (Lipinski definition) is 0. The summed E-state index contributed by atoms with van der Waals surface area (Å²) in [6.45, 7) is 7.67. The average Bonchev–Trinajstić information content (AvgIpc) is 3.00. The lowest BCUT2D eigenvalue weighted by Gasteiger charge is -2.23. The van der Waals surface area contributed by atoms with Crippen LogP contribution in [-0.4, -0.2) is 43.0 Å². The van der Waals surface area contributed by atoms with Crippen LogP contribution >= 0.6 is 39.7 Å². The highest BCUT2D eigenvalue weighted by Gasteiger charge is 2.21. The zero-order valence-electron chi connectivity index (χ0n) is 17.5. The summed E-state index contributed by atoms with van der Waals surface area (Å²) in [5.41, 5.74) is 5.62. The van der Waals surface area contributed by atoms with Crippen LogP contribution in [-0.2, 0) is 11.2 Å². The van der Waals surface area contributed by atoms with Gasteiger partial charge in [0, 0.05) is 17.6 Å². The van der Waals surface area contributed by atoms with E-state index in [1.165, 1.54) is 16.7 Å². The number of amides is 1. The van der Waals surface area contributed by atoms with Crippen LogP contribution in [0.3, 0.4) is 0 Å². The van der Waals surface area contributed by atoms with Gasteiger partial charge in [0.05, 0.1) is 16.6 Å². The Morgan fingerprint density at radius 2 is 1.72 bits per heavy atom. The van der Waals surface area contributed by atoms with Crippen LogP contribution in [0.15, 0.2) is 34.8 Å². The average molecular weight is 497 g/mol. The second-order valence-corrected chi connectivity index (χ2v) is 9.44. The number of halogens is 2. The molecule has 0 spiro atoms. The molecular formula is C22H27BrClN3OS. The van der Waals surface area contributed by atoms with E-state index in [0.29, 0.717) is 13.0 Å². The first-order valence-electron chi connectivity index (χ1n) is 9.32. The minimum absolute atomic E-state index is 0. The number of benzene rings is 2. The molecule has 0 aliphatic heterocycles. The Kier molecular flexibility index (Phi) is 8.23. The van der Waals surface area contributed by atoms with E-state index in [9.17, 15) is 4.79 Å². The third-order valence-electron chi connectivity index (χ3n) is 4.81. The molecule has 3 rings (SSSR count). The van der Waals surface area contributed by atoms with E-state index < -0.39 is 0 Å². The van der Waals surface area contributed by atoms with Crippen LogP contribution in [0, 0.1) is 20.8 Å². The number of rotatable bonds is 6. The number of likely N-dealkylation sites (N-methyl/N-ethyl adjacent to an activating group) is 1. The molecule has 7 heteroatoms. The smallest absolute Gasteiger partial charge is 0.233 e. The number of carbonyl (C=O) groups excluding carboxylic acids is 1. The molecule has 0 atom stereocenters. The van der Waals surface area contributed by atoms with Crippen molar-refractivity contribution in [2.75, 3.05) is 32.1 Å². The van der Waals surface area contributed by atoms with Crippen LogP contribution in [0.5, 0.6) is 0 Å². The van der Waals surface area contributed by atoms with E-state index >= 15 is 0 Å². The van der Waals surface area contributed by atoms with Gasteiger partial charge in [-0.25, -0.2) is 4.98 Å². The lowest BCUT2D eigenvalue weighted by molar-refractivity contribution is -0.118. The topological polar surface area (TPSA) is 36.4 Å². The molecule has 0 aliphatic rings. The molecule has 0 aliphatic carbocycles. The van der Waals surface area contributed by atoms with Gasteiger partial charge in [0.2, 0.25) is 5.91 Å². The van der Waals surface area contributed by atoms with Crippen molar-refractivity contribution in [1.82, 2.24) is 9.88 Å². The highest BCUT2D eigenvalue weighted by Crippen LogP contribution is 2.31. The van der Waals surface area contributed by atoms with Crippen LogP contribution in [0.25, 0.3) is 10.2 Å². The number of fused-ring (bicyclic) bond motifs is 1. The Morgan fingerprint density at radius 1 is 1.07 bits per heavy atom. The van der Waals surface area contributed by atoms with Crippen molar-refractivity contribution in [3.8, 4) is 0 Å². The molecule has 0 unspecified atom stereocenters. The van der Waals surface area contributed by atoms with Gasteiger partial charge < -0.3 is 4.90 Å². The molecule has 0 saturated heterocycles. The summed E-state index contributed by atoms with van der Waals surface area (Å²) in [6.07, 6.45) is 0.394. The predicted octanol–water partition coefficient (Wildman–Crippen LogP) is 5.54. The Morgan fingerprint density at radius 3 is 2.34 bits per heavy atom. The molecule has 1 amide bonds. The molecule has 2 aromatic carbocycles. The Bertz CT molecular complexity index is 995. The van der Waals surface area contributed by atoms with Gasteiger partial charge in [-0.2, -0.15) is 0 Å². The number of nitrogens with zero attached hydrogens (tertiary/aromatic N) is 3. The van der Waals surface area contributed by atoms with Gasteiger partial charge in [0.1, 0.15) is 0 Å². The van der Waals surface area contributed by atoms with Crippen LogP contribution in [0.1, 0.15) is 22.3 Å². The molecule has 0 bridgehead atoms. The molecule has 4 nitrogen and oxygen atoms in total. The van der Waals surface area contributed by atoms with Gasteiger partial charge in [-0.05, 0) is 69.8 Å². The molecule has 3 aromatic rings. The largest absolute Gasteiger partial charge is 0.308 e. The molecule has 0 N–H and O–H groups in total. The summed E-state index contributed by atoms with van der Waals surface area (Å²) in [6, 6.07) is 10.3. The second-order valence-electron chi connectivity index (χ2n) is 7.51. The molecule has 1 heterocycles.